The maximum Gasteiger partial charge on any atom is 0.225 e. The number of nitrogen functional groups attached to an aromatic ring is 1. The zero-order chi connectivity index (χ0) is 12.3. The number of hydrogen-bond acceptors (Lipinski definition) is 4. The lowest BCUT2D eigenvalue weighted by Gasteiger charge is -2.17. The third-order valence-corrected chi connectivity index (χ3v) is 2.49. The van der Waals surface area contributed by atoms with Crippen LogP contribution in [-0.4, -0.2) is 17.0 Å². The molecule has 0 fully saturated rings. The number of aromatic nitrogens is 2. The zero-order valence-electron chi connectivity index (χ0n) is 10.1. The molecule has 2 aromatic rings. The molecule has 0 bridgehead atoms. The van der Waals surface area contributed by atoms with Gasteiger partial charge in [0.25, 0.3) is 0 Å². The van der Waals surface area contributed by atoms with Crippen LogP contribution in [0.25, 0.3) is 0 Å². The van der Waals surface area contributed by atoms with Gasteiger partial charge in [0.15, 0.2) is 0 Å². The average molecular weight is 228 g/mol. The number of aryl methyl sites for hydroxylation is 1. The van der Waals surface area contributed by atoms with Crippen LogP contribution in [0.5, 0.6) is 0 Å². The highest BCUT2D eigenvalue weighted by Crippen LogP contribution is 2.12. The van der Waals surface area contributed by atoms with Crippen LogP contribution in [-0.2, 0) is 6.54 Å². The summed E-state index contributed by atoms with van der Waals surface area (Å²) in [7, 11) is 1.97. The third-order valence-electron chi connectivity index (χ3n) is 2.49. The Morgan fingerprint density at radius 1 is 1.29 bits per heavy atom. The number of rotatable bonds is 3. The second kappa shape index (κ2) is 4.82. The molecule has 1 aromatic heterocycles. The van der Waals surface area contributed by atoms with Gasteiger partial charge in [0.05, 0.1) is 0 Å². The van der Waals surface area contributed by atoms with Crippen molar-refractivity contribution in [1.82, 2.24) is 9.97 Å². The minimum absolute atomic E-state index is 0.729. The van der Waals surface area contributed by atoms with Crippen LogP contribution >= 0.6 is 0 Å². The Balaban J connectivity index is 2.14. The Bertz CT molecular complexity index is 510. The monoisotopic (exact) mass is 228 g/mol. The van der Waals surface area contributed by atoms with Gasteiger partial charge in [-0.15, -0.1) is 0 Å². The molecule has 17 heavy (non-hydrogen) atoms. The Morgan fingerprint density at radius 3 is 2.82 bits per heavy atom. The first-order valence-electron chi connectivity index (χ1n) is 5.50. The van der Waals surface area contributed by atoms with Crippen LogP contribution in [0.4, 0.5) is 11.6 Å². The normalized spacial score (nSPS) is 10.2. The number of nitrogens with two attached hydrogens (primary N) is 1. The zero-order valence-corrected chi connectivity index (χ0v) is 10.1. The topological polar surface area (TPSA) is 55.0 Å². The summed E-state index contributed by atoms with van der Waals surface area (Å²) in [6.07, 6.45) is 1.77. The lowest BCUT2D eigenvalue weighted by Crippen LogP contribution is -2.19. The number of nitrogens with zero attached hydrogens (tertiary/aromatic N) is 3. The van der Waals surface area contributed by atoms with E-state index in [2.05, 4.69) is 9.97 Å². The molecule has 2 N–H and O–H groups in total. The van der Waals surface area contributed by atoms with Gasteiger partial charge in [0.1, 0.15) is 0 Å². The van der Waals surface area contributed by atoms with Gasteiger partial charge in [-0.1, -0.05) is 12.1 Å². The van der Waals surface area contributed by atoms with Gasteiger partial charge in [-0.25, -0.2) is 9.97 Å². The van der Waals surface area contributed by atoms with Crippen LogP contribution < -0.4 is 10.6 Å². The first-order chi connectivity index (χ1) is 8.15. The van der Waals surface area contributed by atoms with Crippen LogP contribution in [0.3, 0.4) is 0 Å². The van der Waals surface area contributed by atoms with Crippen molar-refractivity contribution in [2.45, 2.75) is 13.5 Å². The summed E-state index contributed by atoms with van der Waals surface area (Å²) >= 11 is 0. The molecule has 0 unspecified atom stereocenters. The molecular formula is C13H16N4. The fourth-order valence-corrected chi connectivity index (χ4v) is 1.66. The lowest BCUT2D eigenvalue weighted by atomic mass is 10.2. The molecule has 88 valence electrons. The molecule has 0 atom stereocenters. The summed E-state index contributed by atoms with van der Waals surface area (Å²) in [5.41, 5.74) is 8.64. The molecule has 0 spiro atoms. The summed E-state index contributed by atoms with van der Waals surface area (Å²) in [5.74, 6) is 0.729. The van der Waals surface area contributed by atoms with Crippen molar-refractivity contribution < 1.29 is 0 Å². The SMILES string of the molecule is Cc1ccnc(N(C)Cc2cccc(N)c2)n1. The Kier molecular flexibility index (Phi) is 3.23. The molecule has 0 aliphatic heterocycles. The van der Waals surface area contributed by atoms with Crippen molar-refractivity contribution in [1.29, 1.82) is 0 Å². The second-order valence-electron chi connectivity index (χ2n) is 4.10. The Morgan fingerprint density at radius 2 is 2.12 bits per heavy atom. The highest BCUT2D eigenvalue weighted by atomic mass is 15.2. The summed E-state index contributed by atoms with van der Waals surface area (Å²) in [4.78, 5) is 10.6. The molecule has 4 nitrogen and oxygen atoms in total. The van der Waals surface area contributed by atoms with Crippen molar-refractivity contribution in [2.75, 3.05) is 17.7 Å². The van der Waals surface area contributed by atoms with Gasteiger partial charge in [-0.3, -0.25) is 0 Å². The number of anilines is 2. The van der Waals surface area contributed by atoms with Crippen molar-refractivity contribution in [3.63, 3.8) is 0 Å². The maximum absolute atomic E-state index is 5.75. The van der Waals surface area contributed by atoms with E-state index in [1.165, 1.54) is 0 Å². The van der Waals surface area contributed by atoms with Crippen molar-refractivity contribution >= 4 is 11.6 Å². The molecule has 0 aliphatic rings. The number of benzene rings is 1. The van der Waals surface area contributed by atoms with Crippen LogP contribution in [0.2, 0.25) is 0 Å². The van der Waals surface area contributed by atoms with Gasteiger partial charge in [-0.05, 0) is 30.7 Å². The molecule has 0 amide bonds. The van der Waals surface area contributed by atoms with E-state index in [0.29, 0.717) is 0 Å². The van der Waals surface area contributed by atoms with E-state index >= 15 is 0 Å². The molecule has 2 rings (SSSR count). The highest BCUT2D eigenvalue weighted by molar-refractivity contribution is 5.42. The molecule has 0 saturated heterocycles. The van der Waals surface area contributed by atoms with E-state index in [0.717, 1.165) is 29.4 Å². The molecule has 4 heteroatoms. The average Bonchev–Trinajstić information content (AvgIpc) is 2.29. The van der Waals surface area contributed by atoms with Crippen molar-refractivity contribution in [3.05, 3.63) is 47.8 Å². The molecule has 1 heterocycles. The molecular weight excluding hydrogens is 212 g/mol. The molecule has 0 saturated carbocycles. The van der Waals surface area contributed by atoms with Crippen LogP contribution in [0.15, 0.2) is 36.5 Å². The van der Waals surface area contributed by atoms with Crippen molar-refractivity contribution in [2.24, 2.45) is 0 Å². The first-order valence-corrected chi connectivity index (χ1v) is 5.50. The number of hydrogen-bond donors (Lipinski definition) is 1. The van der Waals surface area contributed by atoms with Gasteiger partial charge in [0, 0.05) is 31.2 Å². The van der Waals surface area contributed by atoms with E-state index in [1.807, 2.05) is 49.2 Å². The highest BCUT2D eigenvalue weighted by Gasteiger charge is 2.05. The Hall–Kier alpha value is -2.10. The Labute approximate surface area is 101 Å². The predicted molar refractivity (Wildman–Crippen MR) is 69.7 cm³/mol. The van der Waals surface area contributed by atoms with Gasteiger partial charge >= 0.3 is 0 Å². The van der Waals surface area contributed by atoms with E-state index in [9.17, 15) is 0 Å². The smallest absolute Gasteiger partial charge is 0.225 e. The predicted octanol–water partition coefficient (Wildman–Crippen LogP) is 2.00. The standard InChI is InChI=1S/C13H16N4/c1-10-6-7-15-13(16-10)17(2)9-11-4-3-5-12(14)8-11/h3-8H,9,14H2,1-2H3. The van der Waals surface area contributed by atoms with E-state index in [1.54, 1.807) is 6.20 Å². The fourth-order valence-electron chi connectivity index (χ4n) is 1.66. The van der Waals surface area contributed by atoms with Crippen molar-refractivity contribution in [3.8, 4) is 0 Å². The van der Waals surface area contributed by atoms with Gasteiger partial charge in [-0.2, -0.15) is 0 Å². The van der Waals surface area contributed by atoms with E-state index < -0.39 is 0 Å². The summed E-state index contributed by atoms with van der Waals surface area (Å²) in [6, 6.07) is 9.73. The quantitative estimate of drug-likeness (QED) is 0.816. The maximum atomic E-state index is 5.75. The summed E-state index contributed by atoms with van der Waals surface area (Å²) < 4.78 is 0. The minimum Gasteiger partial charge on any atom is -0.399 e. The minimum atomic E-state index is 0.729. The van der Waals surface area contributed by atoms with Gasteiger partial charge < -0.3 is 10.6 Å². The molecule has 1 aromatic carbocycles. The largest absolute Gasteiger partial charge is 0.399 e. The molecule has 0 aliphatic carbocycles. The summed E-state index contributed by atoms with van der Waals surface area (Å²) in [5, 5.41) is 0. The van der Waals surface area contributed by atoms with Crippen LogP contribution in [0, 0.1) is 6.92 Å². The van der Waals surface area contributed by atoms with E-state index in [-0.39, 0.29) is 0 Å². The fraction of sp³-hybridized carbons (Fsp3) is 0.231. The lowest BCUT2D eigenvalue weighted by molar-refractivity contribution is 0.860. The second-order valence-corrected chi connectivity index (χ2v) is 4.10. The van der Waals surface area contributed by atoms with Crippen LogP contribution in [0.1, 0.15) is 11.3 Å². The summed E-state index contributed by atoms with van der Waals surface area (Å²) in [6.45, 7) is 2.70. The third kappa shape index (κ3) is 2.93. The first kappa shape index (κ1) is 11.4. The van der Waals surface area contributed by atoms with Gasteiger partial charge in [0.2, 0.25) is 5.95 Å². The van der Waals surface area contributed by atoms with E-state index in [4.69, 9.17) is 5.73 Å². The molecule has 0 radical (unpaired) electrons.